The molecule has 3 rings (SSSR count). The number of aryl methyl sites for hydroxylation is 1. The van der Waals surface area contributed by atoms with Crippen LogP contribution in [0.4, 0.5) is 0 Å². The molecule has 1 amide bonds. The van der Waals surface area contributed by atoms with Crippen molar-refractivity contribution in [2.24, 2.45) is 5.92 Å². The number of methoxy groups -OCH3 is 1. The molecule has 0 radical (unpaired) electrons. The predicted molar refractivity (Wildman–Crippen MR) is 90.8 cm³/mol. The fourth-order valence-corrected chi connectivity index (χ4v) is 3.25. The Balaban J connectivity index is 1.55. The molecule has 0 N–H and O–H groups in total. The van der Waals surface area contributed by atoms with Gasteiger partial charge in [0, 0.05) is 26.1 Å². The van der Waals surface area contributed by atoms with E-state index in [1.165, 1.54) is 0 Å². The van der Waals surface area contributed by atoms with E-state index < -0.39 is 0 Å². The fraction of sp³-hybridized carbons (Fsp3) is 0.500. The van der Waals surface area contributed by atoms with Crippen LogP contribution in [0.5, 0.6) is 5.75 Å². The molecule has 0 bridgehead atoms. The van der Waals surface area contributed by atoms with Gasteiger partial charge in [-0.05, 0) is 37.0 Å². The number of rotatable bonds is 6. The zero-order chi connectivity index (χ0) is 16.9. The first-order chi connectivity index (χ1) is 11.7. The van der Waals surface area contributed by atoms with E-state index in [9.17, 15) is 4.79 Å². The van der Waals surface area contributed by atoms with E-state index in [2.05, 4.69) is 21.7 Å². The van der Waals surface area contributed by atoms with Gasteiger partial charge >= 0.3 is 0 Å². The minimum absolute atomic E-state index is 0.183. The molecular formula is C18H24N4O2. The van der Waals surface area contributed by atoms with Crippen LogP contribution in [0.2, 0.25) is 0 Å². The van der Waals surface area contributed by atoms with Gasteiger partial charge in [-0.2, -0.15) is 0 Å². The molecule has 0 spiro atoms. The largest absolute Gasteiger partial charge is 0.497 e. The molecule has 1 aliphatic rings. The number of carbonyl (C=O) groups is 1. The van der Waals surface area contributed by atoms with Crippen molar-refractivity contribution in [2.75, 3.05) is 20.2 Å². The summed E-state index contributed by atoms with van der Waals surface area (Å²) in [5, 5.41) is 8.18. The van der Waals surface area contributed by atoms with Gasteiger partial charge in [-0.1, -0.05) is 12.1 Å². The van der Waals surface area contributed by atoms with Crippen molar-refractivity contribution in [3.8, 4) is 5.75 Å². The van der Waals surface area contributed by atoms with Crippen LogP contribution in [0.1, 0.15) is 24.7 Å². The van der Waals surface area contributed by atoms with Crippen LogP contribution in [0.15, 0.2) is 30.6 Å². The van der Waals surface area contributed by atoms with Crippen LogP contribution in [-0.4, -0.2) is 45.8 Å². The number of ether oxygens (including phenoxy) is 1. The third kappa shape index (κ3) is 3.75. The Morgan fingerprint density at radius 3 is 3.08 bits per heavy atom. The summed E-state index contributed by atoms with van der Waals surface area (Å²) < 4.78 is 7.29. The number of aromatic nitrogens is 3. The minimum atomic E-state index is 0.183. The first kappa shape index (κ1) is 16.5. The van der Waals surface area contributed by atoms with Gasteiger partial charge in [0.25, 0.3) is 0 Å². The zero-order valence-corrected chi connectivity index (χ0v) is 14.3. The molecule has 6 heteroatoms. The van der Waals surface area contributed by atoms with Gasteiger partial charge in [0.05, 0.1) is 13.5 Å². The van der Waals surface area contributed by atoms with Crippen LogP contribution in [0, 0.1) is 5.92 Å². The van der Waals surface area contributed by atoms with Crippen molar-refractivity contribution in [1.82, 2.24) is 19.7 Å². The molecule has 1 aromatic heterocycles. The quantitative estimate of drug-likeness (QED) is 0.813. The highest BCUT2D eigenvalue weighted by Crippen LogP contribution is 2.21. The van der Waals surface area contributed by atoms with Crippen LogP contribution in [0.25, 0.3) is 0 Å². The monoisotopic (exact) mass is 328 g/mol. The molecular weight excluding hydrogens is 304 g/mol. The number of benzene rings is 1. The molecule has 0 saturated carbocycles. The number of amides is 1. The second-order valence-electron chi connectivity index (χ2n) is 6.26. The lowest BCUT2D eigenvalue weighted by Gasteiger charge is -2.17. The molecule has 1 saturated heterocycles. The molecule has 6 nitrogen and oxygen atoms in total. The first-order valence-electron chi connectivity index (χ1n) is 8.47. The zero-order valence-electron chi connectivity index (χ0n) is 14.3. The Kier molecular flexibility index (Phi) is 5.13. The Hall–Kier alpha value is -2.37. The molecule has 2 aromatic rings. The summed E-state index contributed by atoms with van der Waals surface area (Å²) in [7, 11) is 1.64. The number of likely N-dealkylation sites (tertiary alicyclic amines) is 1. The van der Waals surface area contributed by atoms with Crippen molar-refractivity contribution in [2.45, 2.75) is 32.7 Å². The van der Waals surface area contributed by atoms with Crippen LogP contribution >= 0.6 is 0 Å². The molecule has 2 heterocycles. The highest BCUT2D eigenvalue weighted by molar-refractivity contribution is 5.79. The molecule has 0 aliphatic carbocycles. The summed E-state index contributed by atoms with van der Waals surface area (Å²) in [6, 6.07) is 7.71. The number of hydrogen-bond donors (Lipinski definition) is 0. The molecule has 1 fully saturated rings. The van der Waals surface area contributed by atoms with Gasteiger partial charge in [0.1, 0.15) is 17.9 Å². The highest BCUT2D eigenvalue weighted by atomic mass is 16.5. The van der Waals surface area contributed by atoms with E-state index in [-0.39, 0.29) is 5.91 Å². The normalized spacial score (nSPS) is 17.2. The summed E-state index contributed by atoms with van der Waals surface area (Å²) in [4.78, 5) is 14.5. The standard InChI is InChI=1S/C18H24N4O2/c1-3-21-13-19-20-17(21)10-15-7-8-22(12-15)18(23)11-14-5-4-6-16(9-14)24-2/h4-6,9,13,15H,3,7-8,10-12H2,1-2H3. The Labute approximate surface area is 142 Å². The smallest absolute Gasteiger partial charge is 0.227 e. The Bertz CT molecular complexity index is 698. The molecule has 1 unspecified atom stereocenters. The fourth-order valence-electron chi connectivity index (χ4n) is 3.25. The highest BCUT2D eigenvalue weighted by Gasteiger charge is 2.27. The van der Waals surface area contributed by atoms with Gasteiger partial charge in [0.15, 0.2) is 0 Å². The summed E-state index contributed by atoms with van der Waals surface area (Å²) in [6.07, 6.45) is 4.11. The van der Waals surface area contributed by atoms with Crippen LogP contribution in [0.3, 0.4) is 0 Å². The van der Waals surface area contributed by atoms with E-state index in [0.717, 1.165) is 49.6 Å². The van der Waals surface area contributed by atoms with Crippen molar-refractivity contribution in [1.29, 1.82) is 0 Å². The van der Waals surface area contributed by atoms with Gasteiger partial charge in [0.2, 0.25) is 5.91 Å². The molecule has 1 aromatic carbocycles. The maximum Gasteiger partial charge on any atom is 0.227 e. The average Bonchev–Trinajstić information content (AvgIpc) is 3.24. The van der Waals surface area contributed by atoms with Crippen molar-refractivity contribution >= 4 is 5.91 Å². The van der Waals surface area contributed by atoms with Crippen molar-refractivity contribution < 1.29 is 9.53 Å². The van der Waals surface area contributed by atoms with Crippen LogP contribution in [-0.2, 0) is 24.2 Å². The van der Waals surface area contributed by atoms with Gasteiger partial charge in [-0.3, -0.25) is 4.79 Å². The van der Waals surface area contributed by atoms with Gasteiger partial charge < -0.3 is 14.2 Å². The maximum absolute atomic E-state index is 12.5. The number of nitrogens with zero attached hydrogens (tertiary/aromatic N) is 4. The number of hydrogen-bond acceptors (Lipinski definition) is 4. The third-order valence-corrected chi connectivity index (χ3v) is 4.64. The average molecular weight is 328 g/mol. The molecule has 1 atom stereocenters. The summed E-state index contributed by atoms with van der Waals surface area (Å²) in [5.41, 5.74) is 0.994. The van der Waals surface area contributed by atoms with E-state index >= 15 is 0 Å². The van der Waals surface area contributed by atoms with E-state index in [0.29, 0.717) is 12.3 Å². The van der Waals surface area contributed by atoms with Crippen molar-refractivity contribution in [3.05, 3.63) is 42.0 Å². The Morgan fingerprint density at radius 1 is 1.42 bits per heavy atom. The van der Waals surface area contributed by atoms with Crippen molar-refractivity contribution in [3.63, 3.8) is 0 Å². The maximum atomic E-state index is 12.5. The summed E-state index contributed by atoms with van der Waals surface area (Å²) in [6.45, 7) is 4.60. The lowest BCUT2D eigenvalue weighted by atomic mass is 10.0. The lowest BCUT2D eigenvalue weighted by Crippen LogP contribution is -2.30. The van der Waals surface area contributed by atoms with Crippen LogP contribution < -0.4 is 4.74 Å². The van der Waals surface area contributed by atoms with E-state index in [4.69, 9.17) is 4.74 Å². The Morgan fingerprint density at radius 2 is 2.29 bits per heavy atom. The van der Waals surface area contributed by atoms with E-state index in [1.807, 2.05) is 29.2 Å². The first-order valence-corrected chi connectivity index (χ1v) is 8.47. The summed E-state index contributed by atoms with van der Waals surface area (Å²) in [5.74, 6) is 2.46. The topological polar surface area (TPSA) is 60.2 Å². The molecule has 24 heavy (non-hydrogen) atoms. The van der Waals surface area contributed by atoms with E-state index in [1.54, 1.807) is 13.4 Å². The minimum Gasteiger partial charge on any atom is -0.497 e. The predicted octanol–water partition coefficient (Wildman–Crippen LogP) is 1.94. The second-order valence-corrected chi connectivity index (χ2v) is 6.26. The second kappa shape index (κ2) is 7.47. The van der Waals surface area contributed by atoms with Gasteiger partial charge in [-0.25, -0.2) is 0 Å². The summed E-state index contributed by atoms with van der Waals surface area (Å²) >= 11 is 0. The molecule has 128 valence electrons. The lowest BCUT2D eigenvalue weighted by molar-refractivity contribution is -0.129. The molecule has 1 aliphatic heterocycles. The number of carbonyl (C=O) groups excluding carboxylic acids is 1. The third-order valence-electron chi connectivity index (χ3n) is 4.64. The van der Waals surface area contributed by atoms with Gasteiger partial charge in [-0.15, -0.1) is 10.2 Å². The SMILES string of the molecule is CCn1cnnc1CC1CCN(C(=O)Cc2cccc(OC)c2)C1.